The first kappa shape index (κ1) is 35.3. The summed E-state index contributed by atoms with van der Waals surface area (Å²) in [5, 5.41) is 11.5. The molecule has 2 aromatic carbocycles. The Labute approximate surface area is 265 Å². The summed E-state index contributed by atoms with van der Waals surface area (Å²) in [6.07, 6.45) is 2.18. The number of methoxy groups -OCH3 is 1. The Morgan fingerprint density at radius 3 is 2.42 bits per heavy atom. The van der Waals surface area contributed by atoms with Crippen LogP contribution >= 0.6 is 12.4 Å². The first-order chi connectivity index (χ1) is 20.8. The van der Waals surface area contributed by atoms with Gasteiger partial charge in [-0.25, -0.2) is 23.1 Å². The van der Waals surface area contributed by atoms with Gasteiger partial charge < -0.3 is 30.9 Å². The Morgan fingerprint density at radius 1 is 1.07 bits per heavy atom. The van der Waals surface area contributed by atoms with Crippen molar-refractivity contribution in [1.82, 2.24) is 25.5 Å². The van der Waals surface area contributed by atoms with Gasteiger partial charge in [0.15, 0.2) is 17.5 Å². The summed E-state index contributed by atoms with van der Waals surface area (Å²) >= 11 is 0. The predicted octanol–water partition coefficient (Wildman–Crippen LogP) is 4.29. The van der Waals surface area contributed by atoms with Crippen LogP contribution in [-0.2, 0) is 14.4 Å². The molecule has 1 fully saturated rings. The molecule has 1 saturated heterocycles. The number of carbonyl (C=O) groups excluding carboxylic acids is 3. The van der Waals surface area contributed by atoms with Crippen molar-refractivity contribution < 1.29 is 32.3 Å². The molecule has 244 valence electrons. The molecular weight excluding hydrogens is 615 g/mol. The van der Waals surface area contributed by atoms with Gasteiger partial charge in [-0.3, -0.25) is 14.4 Å². The summed E-state index contributed by atoms with van der Waals surface area (Å²) in [5.41, 5.74) is -0.411. The smallest absolute Gasteiger partial charge is 0.247 e. The fraction of sp³-hybridized carbons (Fsp3) is 0.433. The number of fused-ring (bicyclic) bond motifs is 1. The van der Waals surface area contributed by atoms with Gasteiger partial charge in [-0.15, -0.1) is 12.4 Å². The largest absolute Gasteiger partial charge is 0.494 e. The highest BCUT2D eigenvalue weighted by molar-refractivity contribution is 6.03. The first-order valence-corrected chi connectivity index (χ1v) is 14.1. The number of hydrogen-bond acceptors (Lipinski definition) is 8. The molecule has 1 aliphatic heterocycles. The Kier molecular flexibility index (Phi) is 11.2. The molecule has 0 radical (unpaired) electrons. The molecule has 4 N–H and O–H groups in total. The van der Waals surface area contributed by atoms with Crippen molar-refractivity contribution in [2.75, 3.05) is 31.3 Å². The van der Waals surface area contributed by atoms with E-state index in [4.69, 9.17) is 4.74 Å². The number of benzene rings is 2. The minimum Gasteiger partial charge on any atom is -0.494 e. The molecule has 0 aliphatic carbocycles. The van der Waals surface area contributed by atoms with Crippen molar-refractivity contribution in [2.24, 2.45) is 5.41 Å². The number of rotatable bonds is 9. The van der Waals surface area contributed by atoms with Gasteiger partial charge in [-0.1, -0.05) is 20.8 Å². The third-order valence-electron chi connectivity index (χ3n) is 7.57. The van der Waals surface area contributed by atoms with Crippen LogP contribution < -0.4 is 26.0 Å². The van der Waals surface area contributed by atoms with Crippen LogP contribution in [0.25, 0.3) is 10.9 Å². The molecule has 11 nitrogen and oxygen atoms in total. The van der Waals surface area contributed by atoms with Crippen molar-refractivity contribution in [2.45, 2.75) is 58.7 Å². The van der Waals surface area contributed by atoms with Gasteiger partial charge in [0.2, 0.25) is 17.7 Å². The first-order valence-electron chi connectivity index (χ1n) is 14.1. The number of ether oxygens (including phenoxy) is 1. The van der Waals surface area contributed by atoms with Gasteiger partial charge in [-0.05, 0) is 50.4 Å². The monoisotopic (exact) mass is 651 g/mol. The molecule has 0 bridgehead atoms. The van der Waals surface area contributed by atoms with E-state index in [0.717, 1.165) is 12.1 Å². The summed E-state index contributed by atoms with van der Waals surface area (Å²) in [5.74, 6) is -5.25. The lowest BCUT2D eigenvalue weighted by Gasteiger charge is -2.36. The van der Waals surface area contributed by atoms with Crippen LogP contribution in [0, 0.1) is 22.9 Å². The average Bonchev–Trinajstić information content (AvgIpc) is 3.49. The maximum atomic E-state index is 14.4. The fourth-order valence-electron chi connectivity index (χ4n) is 4.93. The zero-order valence-corrected chi connectivity index (χ0v) is 26.6. The van der Waals surface area contributed by atoms with Crippen LogP contribution in [-0.4, -0.2) is 71.4 Å². The van der Waals surface area contributed by atoms with E-state index in [1.807, 2.05) is 20.8 Å². The molecule has 0 spiro atoms. The minimum atomic E-state index is -1.64. The number of hydrogen-bond donors (Lipinski definition) is 4. The van der Waals surface area contributed by atoms with Crippen LogP contribution in [0.15, 0.2) is 30.6 Å². The molecule has 3 amide bonds. The normalized spacial score (nSPS) is 16.0. The molecule has 3 aromatic rings. The van der Waals surface area contributed by atoms with E-state index < -0.39 is 46.9 Å². The lowest BCUT2D eigenvalue weighted by atomic mass is 9.85. The van der Waals surface area contributed by atoms with E-state index in [1.165, 1.54) is 30.5 Å². The average molecular weight is 652 g/mol. The third-order valence-corrected chi connectivity index (χ3v) is 7.57. The lowest BCUT2D eigenvalue weighted by Crippen LogP contribution is -2.59. The predicted molar refractivity (Wildman–Crippen MR) is 166 cm³/mol. The molecule has 3 unspecified atom stereocenters. The molecular formula is C30H37ClF3N7O4. The number of likely N-dealkylation sites (tertiary alicyclic amines) is 1. The van der Waals surface area contributed by atoms with E-state index in [2.05, 4.69) is 31.2 Å². The van der Waals surface area contributed by atoms with Crippen LogP contribution in [0.3, 0.4) is 0 Å². The van der Waals surface area contributed by atoms with E-state index >= 15 is 0 Å². The number of nitrogens with one attached hydrogen (secondary N) is 4. The molecule has 2 heterocycles. The Bertz CT molecular complexity index is 1590. The number of likely N-dealkylation sites (N-methyl/N-ethyl adjacent to an activating group) is 1. The number of carbonyl (C=O) groups is 3. The molecule has 4 rings (SSSR count). The van der Waals surface area contributed by atoms with Gasteiger partial charge in [0.05, 0.1) is 30.0 Å². The van der Waals surface area contributed by atoms with Crippen LogP contribution in [0.1, 0.15) is 40.5 Å². The van der Waals surface area contributed by atoms with E-state index in [-0.39, 0.29) is 47.2 Å². The van der Waals surface area contributed by atoms with Gasteiger partial charge >= 0.3 is 0 Å². The molecule has 3 atom stereocenters. The maximum Gasteiger partial charge on any atom is 0.247 e. The summed E-state index contributed by atoms with van der Waals surface area (Å²) in [7, 11) is 3.05. The number of halogens is 4. The Hall–Kier alpha value is -4.17. The van der Waals surface area contributed by atoms with E-state index in [1.54, 1.807) is 14.0 Å². The van der Waals surface area contributed by atoms with Gasteiger partial charge in [0.1, 0.15) is 30.0 Å². The highest BCUT2D eigenvalue weighted by atomic mass is 35.5. The van der Waals surface area contributed by atoms with Crippen molar-refractivity contribution in [1.29, 1.82) is 0 Å². The topological polar surface area (TPSA) is 138 Å². The van der Waals surface area contributed by atoms with E-state index in [0.29, 0.717) is 30.3 Å². The zero-order valence-electron chi connectivity index (χ0n) is 25.8. The van der Waals surface area contributed by atoms with Gasteiger partial charge in [-0.2, -0.15) is 0 Å². The standard InChI is InChI=1S/C30H36F3N7O4.ClH/c1-15(34-5)27(41)39-25(30(2,3)4)29(43)40-11-7-8-21(40)28(42)38-20-12-16-19(13-22(20)44-6)35-14-36-26(16)37-18-10-9-17(31)23(32)24(18)33;/h9-10,12-15,21,25,34H,7-8,11H2,1-6H3,(H,38,42)(H,39,41)(H,35,36,37);1H. The SMILES string of the molecule is CNC(C)C(=O)NC(C(=O)N1CCCC1C(=O)Nc1cc2c(Nc3ccc(F)c(F)c3F)ncnc2cc1OC)C(C)(C)C.Cl. The molecule has 1 aromatic heterocycles. The summed E-state index contributed by atoms with van der Waals surface area (Å²) in [6.45, 7) is 7.53. The van der Waals surface area contributed by atoms with E-state index in [9.17, 15) is 27.6 Å². The molecule has 45 heavy (non-hydrogen) atoms. The second-order valence-electron chi connectivity index (χ2n) is 11.6. The van der Waals surface area contributed by atoms with Crippen LogP contribution in [0.2, 0.25) is 0 Å². The molecule has 15 heteroatoms. The fourth-order valence-corrected chi connectivity index (χ4v) is 4.93. The number of aromatic nitrogens is 2. The number of amides is 3. The maximum absolute atomic E-state index is 14.4. The van der Waals surface area contributed by atoms with Gasteiger partial charge in [0.25, 0.3) is 0 Å². The van der Waals surface area contributed by atoms with Crippen LogP contribution in [0.5, 0.6) is 5.75 Å². The van der Waals surface area contributed by atoms with Crippen molar-refractivity contribution >= 4 is 58.2 Å². The quantitative estimate of drug-likeness (QED) is 0.252. The highest BCUT2D eigenvalue weighted by Crippen LogP contribution is 2.35. The second-order valence-corrected chi connectivity index (χ2v) is 11.6. The van der Waals surface area contributed by atoms with Gasteiger partial charge in [0, 0.05) is 18.0 Å². The number of anilines is 3. The summed E-state index contributed by atoms with van der Waals surface area (Å²) in [6, 6.07) is 2.63. The molecule has 1 aliphatic rings. The Morgan fingerprint density at radius 2 is 1.78 bits per heavy atom. The minimum absolute atomic E-state index is 0. The summed E-state index contributed by atoms with van der Waals surface area (Å²) in [4.78, 5) is 49.9. The lowest BCUT2D eigenvalue weighted by molar-refractivity contribution is -0.143. The Balaban J connectivity index is 0.00000552. The van der Waals surface area contributed by atoms with Crippen LogP contribution in [0.4, 0.5) is 30.4 Å². The highest BCUT2D eigenvalue weighted by Gasteiger charge is 2.42. The zero-order chi connectivity index (χ0) is 32.3. The van der Waals surface area contributed by atoms with Crippen molar-refractivity contribution in [3.63, 3.8) is 0 Å². The summed E-state index contributed by atoms with van der Waals surface area (Å²) < 4.78 is 47.2. The molecule has 0 saturated carbocycles. The number of nitrogens with zero attached hydrogens (tertiary/aromatic N) is 3. The third kappa shape index (κ3) is 7.56. The van der Waals surface area contributed by atoms with Crippen molar-refractivity contribution in [3.8, 4) is 5.75 Å². The van der Waals surface area contributed by atoms with Crippen molar-refractivity contribution in [3.05, 3.63) is 48.0 Å². The second kappa shape index (κ2) is 14.3.